The van der Waals surface area contributed by atoms with Gasteiger partial charge >= 0.3 is 0 Å². The summed E-state index contributed by atoms with van der Waals surface area (Å²) >= 11 is 0. The van der Waals surface area contributed by atoms with Gasteiger partial charge in [0, 0.05) is 22.8 Å². The largest absolute Gasteiger partial charge is 0.335 e. The van der Waals surface area contributed by atoms with Gasteiger partial charge in [-0.1, -0.05) is 86.1 Å². The van der Waals surface area contributed by atoms with Gasteiger partial charge in [0.05, 0.1) is 0 Å². The Morgan fingerprint density at radius 2 is 1.40 bits per heavy atom. The van der Waals surface area contributed by atoms with E-state index >= 15 is 0 Å². The summed E-state index contributed by atoms with van der Waals surface area (Å²) in [5.74, 6) is 1.20. The van der Waals surface area contributed by atoms with Gasteiger partial charge in [-0.05, 0) is 94.3 Å². The molecular formula is C34H31N. The van der Waals surface area contributed by atoms with Crippen LogP contribution in [0, 0.1) is 5.92 Å². The van der Waals surface area contributed by atoms with E-state index in [0.717, 1.165) is 0 Å². The van der Waals surface area contributed by atoms with E-state index in [9.17, 15) is 0 Å². The smallest absolute Gasteiger partial charge is 0.0495 e. The van der Waals surface area contributed by atoms with Crippen molar-refractivity contribution in [1.82, 2.24) is 0 Å². The van der Waals surface area contributed by atoms with Crippen molar-refractivity contribution in [3.63, 3.8) is 0 Å². The fourth-order valence-electron chi connectivity index (χ4n) is 7.38. The molecule has 0 saturated heterocycles. The van der Waals surface area contributed by atoms with E-state index in [1.165, 1.54) is 68.9 Å². The third-order valence-corrected chi connectivity index (χ3v) is 8.77. The number of benzene rings is 5. The maximum Gasteiger partial charge on any atom is 0.0495 e. The summed E-state index contributed by atoms with van der Waals surface area (Å²) in [6.45, 7) is 4.98. The van der Waals surface area contributed by atoms with Crippen molar-refractivity contribution in [2.75, 3.05) is 4.90 Å². The molecule has 0 N–H and O–H groups in total. The molecule has 1 fully saturated rings. The van der Waals surface area contributed by atoms with Crippen molar-refractivity contribution in [3.05, 3.63) is 109 Å². The number of hydrogen-bond donors (Lipinski definition) is 0. The maximum absolute atomic E-state index is 2.66. The van der Waals surface area contributed by atoms with Crippen LogP contribution in [-0.2, 0) is 0 Å². The van der Waals surface area contributed by atoms with E-state index in [1.54, 1.807) is 0 Å². The number of nitrogens with zero attached hydrogens (tertiary/aromatic N) is 1. The van der Waals surface area contributed by atoms with Gasteiger partial charge < -0.3 is 4.90 Å². The summed E-state index contributed by atoms with van der Waals surface area (Å²) in [5, 5.41) is 5.29. The number of anilines is 2. The Kier molecular flexibility index (Phi) is 4.58. The molecule has 1 aliphatic carbocycles. The molecule has 0 amide bonds. The van der Waals surface area contributed by atoms with E-state index < -0.39 is 0 Å². The lowest BCUT2D eigenvalue weighted by Gasteiger charge is -2.46. The van der Waals surface area contributed by atoms with Crippen molar-refractivity contribution < 1.29 is 0 Å². The van der Waals surface area contributed by atoms with Crippen LogP contribution in [-0.4, -0.2) is 5.54 Å². The average molecular weight is 454 g/mol. The van der Waals surface area contributed by atoms with Crippen molar-refractivity contribution in [2.45, 2.75) is 44.6 Å². The lowest BCUT2D eigenvalue weighted by molar-refractivity contribution is 0.223. The lowest BCUT2D eigenvalue weighted by Crippen LogP contribution is -2.47. The monoisotopic (exact) mass is 453 g/mol. The molecule has 0 radical (unpaired) electrons. The highest BCUT2D eigenvalue weighted by atomic mass is 15.2. The van der Waals surface area contributed by atoms with Crippen LogP contribution in [0.2, 0.25) is 0 Å². The SMILES string of the molecule is CC1CCCC2(C)C1c1cc(-c3c4ccccc4cc4ccccc34)ccc1N2c1ccccc1. The second-order valence-corrected chi connectivity index (χ2v) is 10.8. The van der Waals surface area contributed by atoms with E-state index in [1.807, 2.05) is 0 Å². The van der Waals surface area contributed by atoms with Gasteiger partial charge in [-0.15, -0.1) is 0 Å². The van der Waals surface area contributed by atoms with Gasteiger partial charge in [0.15, 0.2) is 0 Å². The molecule has 1 heterocycles. The Morgan fingerprint density at radius 3 is 2.11 bits per heavy atom. The van der Waals surface area contributed by atoms with Gasteiger partial charge in [0.2, 0.25) is 0 Å². The first-order valence-corrected chi connectivity index (χ1v) is 13.1. The third kappa shape index (κ3) is 3.01. The highest BCUT2D eigenvalue weighted by Gasteiger charge is 2.52. The minimum Gasteiger partial charge on any atom is -0.335 e. The first kappa shape index (κ1) is 20.8. The van der Waals surface area contributed by atoms with Crippen molar-refractivity contribution in [3.8, 4) is 11.1 Å². The summed E-state index contributed by atoms with van der Waals surface area (Å²) in [5.41, 5.74) is 7.05. The second kappa shape index (κ2) is 7.71. The predicted molar refractivity (Wildman–Crippen MR) is 150 cm³/mol. The Labute approximate surface area is 208 Å². The van der Waals surface area contributed by atoms with Crippen LogP contribution in [0.15, 0.2) is 103 Å². The summed E-state index contributed by atoms with van der Waals surface area (Å²) in [6, 6.07) is 38.4. The van der Waals surface area contributed by atoms with Crippen LogP contribution in [0.5, 0.6) is 0 Å². The van der Waals surface area contributed by atoms with E-state index in [0.29, 0.717) is 11.8 Å². The van der Waals surface area contributed by atoms with Crippen molar-refractivity contribution in [1.29, 1.82) is 0 Å². The third-order valence-electron chi connectivity index (χ3n) is 8.77. The van der Waals surface area contributed by atoms with E-state index in [2.05, 4.69) is 122 Å². The molecule has 35 heavy (non-hydrogen) atoms. The first-order chi connectivity index (χ1) is 17.1. The maximum atomic E-state index is 2.66. The number of rotatable bonds is 2. The van der Waals surface area contributed by atoms with Crippen molar-refractivity contribution in [2.24, 2.45) is 5.92 Å². The normalized spacial score (nSPS) is 23.4. The molecule has 3 atom stereocenters. The summed E-state index contributed by atoms with van der Waals surface area (Å²) < 4.78 is 0. The van der Waals surface area contributed by atoms with Crippen molar-refractivity contribution >= 4 is 32.9 Å². The highest BCUT2D eigenvalue weighted by Crippen LogP contribution is 2.59. The Hall–Kier alpha value is -3.58. The quantitative estimate of drug-likeness (QED) is 0.241. The number of para-hydroxylation sites is 1. The molecule has 3 unspecified atom stereocenters. The molecule has 1 saturated carbocycles. The Balaban J connectivity index is 1.50. The van der Waals surface area contributed by atoms with Crippen LogP contribution < -0.4 is 4.90 Å². The molecular weight excluding hydrogens is 422 g/mol. The van der Waals surface area contributed by atoms with Crippen LogP contribution >= 0.6 is 0 Å². The van der Waals surface area contributed by atoms with Crippen LogP contribution in [0.4, 0.5) is 11.4 Å². The van der Waals surface area contributed by atoms with Crippen LogP contribution in [0.3, 0.4) is 0 Å². The molecule has 5 aromatic rings. The summed E-state index contributed by atoms with van der Waals surface area (Å²) in [7, 11) is 0. The molecule has 0 bridgehead atoms. The van der Waals surface area contributed by atoms with Crippen LogP contribution in [0.25, 0.3) is 32.7 Å². The molecule has 5 aromatic carbocycles. The minimum absolute atomic E-state index is 0.112. The van der Waals surface area contributed by atoms with E-state index in [4.69, 9.17) is 0 Å². The van der Waals surface area contributed by atoms with Gasteiger partial charge in [0.1, 0.15) is 0 Å². The molecule has 2 aliphatic rings. The minimum atomic E-state index is 0.112. The Morgan fingerprint density at radius 1 is 0.743 bits per heavy atom. The second-order valence-electron chi connectivity index (χ2n) is 10.8. The zero-order chi connectivity index (χ0) is 23.6. The molecule has 0 aromatic heterocycles. The number of fused-ring (bicyclic) bond motifs is 5. The van der Waals surface area contributed by atoms with Gasteiger partial charge in [-0.25, -0.2) is 0 Å². The lowest BCUT2D eigenvalue weighted by atomic mass is 9.67. The molecule has 1 aliphatic heterocycles. The first-order valence-electron chi connectivity index (χ1n) is 13.1. The Bertz CT molecular complexity index is 1510. The predicted octanol–water partition coefficient (Wildman–Crippen LogP) is 9.47. The molecule has 1 heteroatoms. The zero-order valence-electron chi connectivity index (χ0n) is 20.5. The topological polar surface area (TPSA) is 3.24 Å². The molecule has 7 rings (SSSR count). The molecule has 172 valence electrons. The standard InChI is InChI=1S/C34H31N/c1-23-11-10-20-34(2)33(23)30-22-26(18-19-31(30)35(34)27-14-4-3-5-15-27)32-28-16-8-6-12-24(28)21-25-13-7-9-17-29(25)32/h3-9,12-19,21-23,33H,10-11,20H2,1-2H3. The van der Waals surface area contributed by atoms with Gasteiger partial charge in [-0.3, -0.25) is 0 Å². The fourth-order valence-corrected chi connectivity index (χ4v) is 7.38. The van der Waals surface area contributed by atoms with Gasteiger partial charge in [-0.2, -0.15) is 0 Å². The van der Waals surface area contributed by atoms with Gasteiger partial charge in [0.25, 0.3) is 0 Å². The number of hydrogen-bond acceptors (Lipinski definition) is 1. The molecule has 0 spiro atoms. The average Bonchev–Trinajstić information content (AvgIpc) is 3.16. The fraction of sp³-hybridized carbons (Fsp3) is 0.235. The molecule has 1 nitrogen and oxygen atoms in total. The summed E-state index contributed by atoms with van der Waals surface area (Å²) in [6.07, 6.45) is 3.84. The highest BCUT2D eigenvalue weighted by molar-refractivity contribution is 6.12. The van der Waals surface area contributed by atoms with E-state index in [-0.39, 0.29) is 5.54 Å². The zero-order valence-corrected chi connectivity index (χ0v) is 20.5. The summed E-state index contributed by atoms with van der Waals surface area (Å²) in [4.78, 5) is 2.66. The van der Waals surface area contributed by atoms with Crippen LogP contribution in [0.1, 0.15) is 44.6 Å².